The first-order valence-corrected chi connectivity index (χ1v) is 3.84. The van der Waals surface area contributed by atoms with Crippen molar-refractivity contribution in [1.29, 1.82) is 0 Å². The number of hydrogen-bond acceptors (Lipinski definition) is 1. The van der Waals surface area contributed by atoms with Crippen LogP contribution < -0.4 is 0 Å². The van der Waals surface area contributed by atoms with Crippen LogP contribution in [0.4, 0.5) is 0 Å². The van der Waals surface area contributed by atoms with Gasteiger partial charge in [0, 0.05) is 12.8 Å². The Kier molecular flexibility index (Phi) is 2.26. The lowest BCUT2D eigenvalue weighted by atomic mass is 9.88. The number of aliphatic imine (C=N–C) groups is 1. The van der Waals surface area contributed by atoms with Crippen molar-refractivity contribution in [3.05, 3.63) is 0 Å². The first-order chi connectivity index (χ1) is 4.34. The quantitative estimate of drug-likeness (QED) is 0.509. The van der Waals surface area contributed by atoms with Gasteiger partial charge in [0.2, 0.25) is 0 Å². The van der Waals surface area contributed by atoms with E-state index < -0.39 is 0 Å². The minimum atomic E-state index is 0.726. The largest absolute Gasteiger partial charge is 0.297 e. The topological polar surface area (TPSA) is 12.4 Å². The Labute approximate surface area is 57.2 Å². The molecule has 0 N–H and O–H groups in total. The average molecular weight is 125 g/mol. The molecule has 0 aromatic heterocycles. The summed E-state index contributed by atoms with van der Waals surface area (Å²) in [7, 11) is 0. The van der Waals surface area contributed by atoms with E-state index in [4.69, 9.17) is 0 Å². The second kappa shape index (κ2) is 3.00. The molecule has 1 heterocycles. The van der Waals surface area contributed by atoms with Gasteiger partial charge in [-0.25, -0.2) is 0 Å². The van der Waals surface area contributed by atoms with Crippen LogP contribution in [0, 0.1) is 11.8 Å². The van der Waals surface area contributed by atoms with Gasteiger partial charge >= 0.3 is 0 Å². The summed E-state index contributed by atoms with van der Waals surface area (Å²) in [5.74, 6) is 1.63. The summed E-state index contributed by atoms with van der Waals surface area (Å²) in [6.45, 7) is 5.58. The van der Waals surface area contributed by atoms with E-state index in [1.54, 1.807) is 0 Å². The van der Waals surface area contributed by atoms with Crippen LogP contribution in [0.15, 0.2) is 4.99 Å². The van der Waals surface area contributed by atoms with Gasteiger partial charge in [-0.15, -0.1) is 0 Å². The Morgan fingerprint density at radius 3 is 2.89 bits per heavy atom. The van der Waals surface area contributed by atoms with Crippen molar-refractivity contribution >= 4 is 6.21 Å². The SMILES string of the molecule is CCC1CCN=CC1C. The summed E-state index contributed by atoms with van der Waals surface area (Å²) < 4.78 is 0. The summed E-state index contributed by atoms with van der Waals surface area (Å²) in [4.78, 5) is 4.23. The molecule has 0 saturated heterocycles. The predicted octanol–water partition coefficient (Wildman–Crippen LogP) is 2.12. The van der Waals surface area contributed by atoms with Crippen LogP contribution in [0.25, 0.3) is 0 Å². The average Bonchev–Trinajstić information content (AvgIpc) is 1.89. The monoisotopic (exact) mass is 125 g/mol. The summed E-state index contributed by atoms with van der Waals surface area (Å²) >= 11 is 0. The van der Waals surface area contributed by atoms with E-state index in [0.29, 0.717) is 0 Å². The van der Waals surface area contributed by atoms with Gasteiger partial charge in [-0.05, 0) is 18.3 Å². The molecular formula is C8H15N. The van der Waals surface area contributed by atoms with Gasteiger partial charge in [0.25, 0.3) is 0 Å². The third-order valence-electron chi connectivity index (χ3n) is 2.24. The normalized spacial score (nSPS) is 34.9. The van der Waals surface area contributed by atoms with Crippen LogP contribution in [0.5, 0.6) is 0 Å². The van der Waals surface area contributed by atoms with Crippen LogP contribution in [0.1, 0.15) is 26.7 Å². The van der Waals surface area contributed by atoms with Gasteiger partial charge in [-0.1, -0.05) is 20.3 Å². The van der Waals surface area contributed by atoms with Crippen LogP contribution in [-0.4, -0.2) is 12.8 Å². The lowest BCUT2D eigenvalue weighted by Crippen LogP contribution is -2.17. The molecule has 0 bridgehead atoms. The van der Waals surface area contributed by atoms with Crippen molar-refractivity contribution in [2.45, 2.75) is 26.7 Å². The molecular weight excluding hydrogens is 110 g/mol. The molecule has 0 radical (unpaired) electrons. The number of nitrogens with zero attached hydrogens (tertiary/aromatic N) is 1. The lowest BCUT2D eigenvalue weighted by molar-refractivity contribution is 0.393. The first-order valence-electron chi connectivity index (χ1n) is 3.84. The van der Waals surface area contributed by atoms with E-state index in [9.17, 15) is 0 Å². The van der Waals surface area contributed by atoms with Gasteiger partial charge in [0.15, 0.2) is 0 Å². The van der Waals surface area contributed by atoms with E-state index in [0.717, 1.165) is 18.4 Å². The van der Waals surface area contributed by atoms with Crippen LogP contribution >= 0.6 is 0 Å². The van der Waals surface area contributed by atoms with Crippen molar-refractivity contribution in [3.8, 4) is 0 Å². The zero-order chi connectivity index (χ0) is 6.69. The van der Waals surface area contributed by atoms with Crippen molar-refractivity contribution < 1.29 is 0 Å². The highest BCUT2D eigenvalue weighted by Gasteiger charge is 2.15. The smallest absolute Gasteiger partial charge is 0.0388 e. The molecule has 0 saturated carbocycles. The Hall–Kier alpha value is -0.330. The lowest BCUT2D eigenvalue weighted by Gasteiger charge is -2.21. The molecule has 1 aliphatic rings. The zero-order valence-electron chi connectivity index (χ0n) is 6.30. The van der Waals surface area contributed by atoms with E-state index in [1.807, 2.05) is 0 Å². The number of hydrogen-bond donors (Lipinski definition) is 0. The minimum Gasteiger partial charge on any atom is -0.297 e. The van der Waals surface area contributed by atoms with E-state index in [1.165, 1.54) is 12.8 Å². The summed E-state index contributed by atoms with van der Waals surface area (Å²) in [5, 5.41) is 0. The highest BCUT2D eigenvalue weighted by Crippen LogP contribution is 2.20. The molecule has 9 heavy (non-hydrogen) atoms. The van der Waals surface area contributed by atoms with E-state index >= 15 is 0 Å². The molecule has 0 aromatic rings. The molecule has 1 heteroatoms. The predicted molar refractivity (Wildman–Crippen MR) is 40.9 cm³/mol. The highest BCUT2D eigenvalue weighted by molar-refractivity contribution is 5.61. The molecule has 2 unspecified atom stereocenters. The van der Waals surface area contributed by atoms with E-state index in [2.05, 4.69) is 25.1 Å². The van der Waals surface area contributed by atoms with Crippen LogP contribution in [-0.2, 0) is 0 Å². The Bertz CT molecular complexity index is 107. The third-order valence-corrected chi connectivity index (χ3v) is 2.24. The van der Waals surface area contributed by atoms with Crippen molar-refractivity contribution in [3.63, 3.8) is 0 Å². The molecule has 0 fully saturated rings. The van der Waals surface area contributed by atoms with Crippen molar-refractivity contribution in [1.82, 2.24) is 0 Å². The Morgan fingerprint density at radius 2 is 2.44 bits per heavy atom. The maximum Gasteiger partial charge on any atom is 0.0388 e. The highest BCUT2D eigenvalue weighted by atomic mass is 14.7. The van der Waals surface area contributed by atoms with E-state index in [-0.39, 0.29) is 0 Å². The third kappa shape index (κ3) is 1.54. The second-order valence-corrected chi connectivity index (χ2v) is 2.87. The minimum absolute atomic E-state index is 0.726. The fourth-order valence-corrected chi connectivity index (χ4v) is 1.44. The standard InChI is InChI=1S/C8H15N/c1-3-8-4-5-9-6-7(8)2/h6-8H,3-5H2,1-2H3. The Balaban J connectivity index is 2.44. The fourth-order valence-electron chi connectivity index (χ4n) is 1.44. The molecule has 2 atom stereocenters. The Morgan fingerprint density at radius 1 is 1.67 bits per heavy atom. The molecule has 1 rings (SSSR count). The maximum atomic E-state index is 4.23. The van der Waals surface area contributed by atoms with Gasteiger partial charge < -0.3 is 0 Å². The van der Waals surface area contributed by atoms with Gasteiger partial charge in [-0.3, -0.25) is 4.99 Å². The van der Waals surface area contributed by atoms with Crippen molar-refractivity contribution in [2.75, 3.05) is 6.54 Å². The maximum absolute atomic E-state index is 4.23. The first kappa shape index (κ1) is 6.79. The summed E-state index contributed by atoms with van der Waals surface area (Å²) in [5.41, 5.74) is 0. The molecule has 1 aliphatic heterocycles. The fraction of sp³-hybridized carbons (Fsp3) is 0.875. The second-order valence-electron chi connectivity index (χ2n) is 2.87. The summed E-state index contributed by atoms with van der Waals surface area (Å²) in [6, 6.07) is 0. The number of rotatable bonds is 1. The van der Waals surface area contributed by atoms with Gasteiger partial charge in [0.05, 0.1) is 0 Å². The molecule has 0 spiro atoms. The summed E-state index contributed by atoms with van der Waals surface area (Å²) in [6.07, 6.45) is 4.72. The van der Waals surface area contributed by atoms with Crippen molar-refractivity contribution in [2.24, 2.45) is 16.8 Å². The molecule has 0 aliphatic carbocycles. The van der Waals surface area contributed by atoms with Gasteiger partial charge in [-0.2, -0.15) is 0 Å². The van der Waals surface area contributed by atoms with Crippen LogP contribution in [0.3, 0.4) is 0 Å². The van der Waals surface area contributed by atoms with Crippen LogP contribution in [0.2, 0.25) is 0 Å². The molecule has 0 amide bonds. The zero-order valence-corrected chi connectivity index (χ0v) is 6.30. The van der Waals surface area contributed by atoms with Gasteiger partial charge in [0.1, 0.15) is 0 Å². The molecule has 52 valence electrons. The molecule has 0 aromatic carbocycles. The molecule has 1 nitrogen and oxygen atoms in total.